The van der Waals surface area contributed by atoms with E-state index >= 15 is 0 Å². The van der Waals surface area contributed by atoms with Gasteiger partial charge in [0.2, 0.25) is 11.9 Å². The van der Waals surface area contributed by atoms with Gasteiger partial charge in [-0.25, -0.2) is 9.97 Å². The Bertz CT molecular complexity index is 422. The monoisotopic (exact) mass is 270 g/mol. The van der Waals surface area contributed by atoms with Crippen LogP contribution in [0.15, 0.2) is 6.07 Å². The van der Waals surface area contributed by atoms with Crippen LogP contribution < -0.4 is 11.1 Å². The van der Waals surface area contributed by atoms with Gasteiger partial charge < -0.3 is 5.73 Å². The second kappa shape index (κ2) is 5.63. The predicted octanol–water partition coefficient (Wildman–Crippen LogP) is 2.14. The van der Waals surface area contributed by atoms with Crippen molar-refractivity contribution in [1.82, 2.24) is 9.97 Å². The number of halogens is 1. The largest absolute Gasteiger partial charge is 0.327 e. The molecule has 0 saturated heterocycles. The Morgan fingerprint density at radius 1 is 1.50 bits per heavy atom. The third-order valence-electron chi connectivity index (χ3n) is 2.59. The van der Waals surface area contributed by atoms with Crippen molar-refractivity contribution in [2.24, 2.45) is 11.1 Å². The number of nitrogens with two attached hydrogens (primary N) is 1. The molecule has 0 aliphatic heterocycles. The van der Waals surface area contributed by atoms with Gasteiger partial charge >= 0.3 is 0 Å². The quantitative estimate of drug-likeness (QED) is 0.825. The first kappa shape index (κ1) is 14.9. The molecule has 0 spiro atoms. The molecular weight excluding hydrogens is 252 g/mol. The highest BCUT2D eigenvalue weighted by Gasteiger charge is 2.23. The summed E-state index contributed by atoms with van der Waals surface area (Å²) in [6.07, 6.45) is 0.221. The van der Waals surface area contributed by atoms with Crippen LogP contribution in [0, 0.1) is 12.3 Å². The molecule has 0 aromatic carbocycles. The lowest BCUT2D eigenvalue weighted by Crippen LogP contribution is -2.38. The second-order valence-electron chi connectivity index (χ2n) is 5.38. The fourth-order valence-electron chi connectivity index (χ4n) is 1.27. The first-order chi connectivity index (χ1) is 8.18. The molecule has 100 valence electrons. The van der Waals surface area contributed by atoms with E-state index in [1.807, 2.05) is 20.8 Å². The number of anilines is 1. The fraction of sp³-hybridized carbons (Fsp3) is 0.583. The summed E-state index contributed by atoms with van der Waals surface area (Å²) in [4.78, 5) is 19.8. The number of carbonyl (C=O) groups excluding carboxylic acids is 1. The van der Waals surface area contributed by atoms with Crippen LogP contribution in [0.1, 0.15) is 32.9 Å². The van der Waals surface area contributed by atoms with Gasteiger partial charge in [0.15, 0.2) is 0 Å². The average molecular weight is 271 g/mol. The van der Waals surface area contributed by atoms with E-state index < -0.39 is 0 Å². The molecule has 6 heteroatoms. The van der Waals surface area contributed by atoms with E-state index in [1.54, 1.807) is 13.0 Å². The number of amides is 1. The summed E-state index contributed by atoms with van der Waals surface area (Å²) in [5.74, 6) is 0.00482. The number of nitrogens with one attached hydrogen (secondary N) is 1. The SMILES string of the molecule is Cc1cc(Cl)nc(NC(=O)CC(N)C(C)(C)C)n1. The highest BCUT2D eigenvalue weighted by atomic mass is 35.5. The number of aryl methyl sites for hydroxylation is 1. The molecule has 0 aliphatic rings. The highest BCUT2D eigenvalue weighted by molar-refractivity contribution is 6.29. The Morgan fingerprint density at radius 2 is 2.11 bits per heavy atom. The summed E-state index contributed by atoms with van der Waals surface area (Å²) in [5, 5.41) is 2.90. The predicted molar refractivity (Wildman–Crippen MR) is 72.5 cm³/mol. The second-order valence-corrected chi connectivity index (χ2v) is 5.77. The van der Waals surface area contributed by atoms with Gasteiger partial charge in [-0.05, 0) is 18.4 Å². The van der Waals surface area contributed by atoms with E-state index in [9.17, 15) is 4.79 Å². The Kier molecular flexibility index (Phi) is 4.65. The molecule has 0 radical (unpaired) electrons. The van der Waals surface area contributed by atoms with Crippen LogP contribution >= 0.6 is 11.6 Å². The summed E-state index contributed by atoms with van der Waals surface area (Å²) in [5.41, 5.74) is 6.51. The summed E-state index contributed by atoms with van der Waals surface area (Å²) in [7, 11) is 0. The van der Waals surface area contributed by atoms with Crippen LogP contribution in [0.2, 0.25) is 5.15 Å². The Labute approximate surface area is 112 Å². The molecule has 1 unspecified atom stereocenters. The molecule has 0 bridgehead atoms. The molecule has 1 rings (SSSR count). The van der Waals surface area contributed by atoms with Gasteiger partial charge in [-0.1, -0.05) is 32.4 Å². The zero-order chi connectivity index (χ0) is 13.9. The molecule has 0 aliphatic carbocycles. The van der Waals surface area contributed by atoms with Crippen molar-refractivity contribution < 1.29 is 4.79 Å². The van der Waals surface area contributed by atoms with Crippen LogP contribution in [-0.2, 0) is 4.79 Å². The average Bonchev–Trinajstić information content (AvgIpc) is 2.13. The molecule has 18 heavy (non-hydrogen) atoms. The first-order valence-electron chi connectivity index (χ1n) is 5.75. The van der Waals surface area contributed by atoms with Crippen molar-refractivity contribution in [3.63, 3.8) is 0 Å². The third-order valence-corrected chi connectivity index (χ3v) is 2.79. The Hall–Kier alpha value is -1.20. The third kappa shape index (κ3) is 4.58. The standard InChI is InChI=1S/C12H19ClN4O/c1-7-5-9(13)16-11(15-7)17-10(18)6-8(14)12(2,3)4/h5,8H,6,14H2,1-4H3,(H,15,16,17,18). The van der Waals surface area contributed by atoms with Gasteiger partial charge in [-0.15, -0.1) is 0 Å². The maximum absolute atomic E-state index is 11.8. The van der Waals surface area contributed by atoms with Gasteiger partial charge in [0.25, 0.3) is 0 Å². The lowest BCUT2D eigenvalue weighted by molar-refractivity contribution is -0.117. The summed E-state index contributed by atoms with van der Waals surface area (Å²) >= 11 is 5.78. The number of hydrogen-bond donors (Lipinski definition) is 2. The fourth-order valence-corrected chi connectivity index (χ4v) is 1.51. The number of aromatic nitrogens is 2. The van der Waals surface area contributed by atoms with Crippen molar-refractivity contribution in [3.05, 3.63) is 16.9 Å². The van der Waals surface area contributed by atoms with Gasteiger partial charge in [-0.2, -0.15) is 0 Å². The van der Waals surface area contributed by atoms with E-state index in [-0.39, 0.29) is 29.7 Å². The van der Waals surface area contributed by atoms with Crippen LogP contribution in [0.25, 0.3) is 0 Å². The van der Waals surface area contributed by atoms with E-state index in [2.05, 4.69) is 15.3 Å². The normalized spacial score (nSPS) is 13.2. The molecule has 1 aromatic heterocycles. The molecule has 3 N–H and O–H groups in total. The molecule has 1 aromatic rings. The van der Waals surface area contributed by atoms with Crippen LogP contribution in [-0.4, -0.2) is 21.9 Å². The minimum atomic E-state index is -0.224. The van der Waals surface area contributed by atoms with Crippen molar-refractivity contribution >= 4 is 23.5 Å². The van der Waals surface area contributed by atoms with Gasteiger partial charge in [-0.3, -0.25) is 10.1 Å². The minimum absolute atomic E-state index is 0.123. The number of hydrogen-bond acceptors (Lipinski definition) is 4. The summed E-state index contributed by atoms with van der Waals surface area (Å²) in [6, 6.07) is 1.40. The highest BCUT2D eigenvalue weighted by Crippen LogP contribution is 2.20. The molecular formula is C12H19ClN4O. The number of rotatable bonds is 3. The molecule has 0 saturated carbocycles. The maximum atomic E-state index is 11.8. The molecule has 1 atom stereocenters. The van der Waals surface area contributed by atoms with Crippen LogP contribution in [0.4, 0.5) is 5.95 Å². The van der Waals surface area contributed by atoms with Gasteiger partial charge in [0.05, 0.1) is 0 Å². The number of nitrogens with zero attached hydrogens (tertiary/aromatic N) is 2. The van der Waals surface area contributed by atoms with Crippen LogP contribution in [0.3, 0.4) is 0 Å². The van der Waals surface area contributed by atoms with E-state index in [0.29, 0.717) is 10.8 Å². The zero-order valence-electron chi connectivity index (χ0n) is 11.1. The lowest BCUT2D eigenvalue weighted by Gasteiger charge is -2.26. The molecule has 1 heterocycles. The Balaban J connectivity index is 2.65. The van der Waals surface area contributed by atoms with Crippen molar-refractivity contribution in [1.29, 1.82) is 0 Å². The minimum Gasteiger partial charge on any atom is -0.327 e. The topological polar surface area (TPSA) is 80.9 Å². The molecule has 1 amide bonds. The maximum Gasteiger partial charge on any atom is 0.231 e. The van der Waals surface area contributed by atoms with Gasteiger partial charge in [0.1, 0.15) is 5.15 Å². The molecule has 5 nitrogen and oxygen atoms in total. The number of carbonyl (C=O) groups is 1. The summed E-state index contributed by atoms with van der Waals surface area (Å²) in [6.45, 7) is 7.76. The first-order valence-corrected chi connectivity index (χ1v) is 6.13. The van der Waals surface area contributed by atoms with E-state index in [4.69, 9.17) is 17.3 Å². The van der Waals surface area contributed by atoms with Crippen LogP contribution in [0.5, 0.6) is 0 Å². The summed E-state index contributed by atoms with van der Waals surface area (Å²) < 4.78 is 0. The van der Waals surface area contributed by atoms with Crippen molar-refractivity contribution in [3.8, 4) is 0 Å². The van der Waals surface area contributed by atoms with E-state index in [1.165, 1.54) is 0 Å². The van der Waals surface area contributed by atoms with Gasteiger partial charge in [0, 0.05) is 18.2 Å². The smallest absolute Gasteiger partial charge is 0.231 e. The Morgan fingerprint density at radius 3 is 2.61 bits per heavy atom. The molecule has 0 fully saturated rings. The van der Waals surface area contributed by atoms with Crippen molar-refractivity contribution in [2.75, 3.05) is 5.32 Å². The lowest BCUT2D eigenvalue weighted by atomic mass is 9.85. The van der Waals surface area contributed by atoms with Crippen molar-refractivity contribution in [2.45, 2.75) is 40.2 Å². The zero-order valence-corrected chi connectivity index (χ0v) is 11.9. The van der Waals surface area contributed by atoms with E-state index in [0.717, 1.165) is 0 Å².